The molecule has 4 rings (SSSR count). The monoisotopic (exact) mass is 536 g/mol. The van der Waals surface area contributed by atoms with Crippen molar-refractivity contribution in [3.63, 3.8) is 0 Å². The number of allylic oxidation sites excluding steroid dienone is 1. The Hall–Kier alpha value is 1.15. The molecule has 7 atom stereocenters. The second kappa shape index (κ2) is 11.1. The largest absolute Gasteiger partial charge is 1.00 e. The van der Waals surface area contributed by atoms with Crippen LogP contribution in [0.25, 0.3) is 0 Å². The average molecular weight is 537 g/mol. The van der Waals surface area contributed by atoms with Crippen molar-refractivity contribution in [2.24, 2.45) is 34.5 Å². The molecule has 0 aromatic carbocycles. The van der Waals surface area contributed by atoms with Gasteiger partial charge >= 0.3 is 59.1 Å². The van der Waals surface area contributed by atoms with Crippen molar-refractivity contribution >= 4 is 26.6 Å². The van der Waals surface area contributed by atoms with Crippen LogP contribution in [-0.4, -0.2) is 44.4 Å². The molecule has 34 heavy (non-hydrogen) atoms. The zero-order chi connectivity index (χ0) is 23.5. The van der Waals surface area contributed by atoms with Crippen LogP contribution in [0.2, 0.25) is 0 Å². The maximum absolute atomic E-state index is 12.7. The molecule has 0 aromatic heterocycles. The second-order valence-corrected chi connectivity index (χ2v) is 12.5. The van der Waals surface area contributed by atoms with Gasteiger partial charge in [-0.05, 0) is 80.0 Å². The molecule has 4 aliphatic rings. The molecule has 0 amide bonds. The van der Waals surface area contributed by atoms with Crippen LogP contribution in [0.1, 0.15) is 65.2 Å². The minimum atomic E-state index is -4.90. The molecule has 13 heteroatoms. The molecule has 0 aliphatic heterocycles. The van der Waals surface area contributed by atoms with Crippen LogP contribution in [0.3, 0.4) is 0 Å². The summed E-state index contributed by atoms with van der Waals surface area (Å²) in [5.74, 6) is 0.453. The van der Waals surface area contributed by atoms with Gasteiger partial charge in [-0.1, -0.05) is 25.5 Å². The van der Waals surface area contributed by atoms with E-state index < -0.39 is 33.5 Å². The molecule has 0 heterocycles. The van der Waals surface area contributed by atoms with Crippen LogP contribution in [0.4, 0.5) is 0 Å². The maximum Gasteiger partial charge on any atom is 1.00 e. The molecule has 0 saturated heterocycles. The quantitative estimate of drug-likeness (QED) is 0.146. The Labute approximate surface area is 246 Å². The third-order valence-corrected chi connectivity index (χ3v) is 9.96. The van der Waals surface area contributed by atoms with E-state index in [1.165, 1.54) is 5.57 Å². The molecule has 182 valence electrons. The summed E-state index contributed by atoms with van der Waals surface area (Å²) in [5.41, 5.74) is 0.827. The fourth-order valence-electron chi connectivity index (χ4n) is 7.64. The molecule has 0 bridgehead atoms. The number of hydrogen-bond acceptors (Lipinski definition) is 9. The fourth-order valence-corrected chi connectivity index (χ4v) is 8.39. The van der Waals surface area contributed by atoms with Crippen molar-refractivity contribution < 1.29 is 98.2 Å². The van der Waals surface area contributed by atoms with Gasteiger partial charge < -0.3 is 9.11 Å². The minimum absolute atomic E-state index is 0. The van der Waals surface area contributed by atoms with Crippen molar-refractivity contribution in [2.45, 2.75) is 71.3 Å². The average Bonchev–Trinajstić information content (AvgIpc) is 3.02. The van der Waals surface area contributed by atoms with E-state index in [1.54, 1.807) is 0 Å². The predicted molar refractivity (Wildman–Crippen MR) is 110 cm³/mol. The summed E-state index contributed by atoms with van der Waals surface area (Å²) >= 11 is 0. The maximum atomic E-state index is 12.7. The Kier molecular flexibility index (Phi) is 10.2. The molecule has 4 aliphatic carbocycles. The summed E-state index contributed by atoms with van der Waals surface area (Å²) in [5, 5.41) is 0. The normalized spacial score (nSPS) is 39.4. The van der Waals surface area contributed by atoms with E-state index in [2.05, 4.69) is 24.1 Å². The molecule has 3 saturated carbocycles. The summed E-state index contributed by atoms with van der Waals surface area (Å²) in [6.07, 6.45) is 7.41. The Morgan fingerprint density at radius 2 is 1.68 bits per heavy atom. The van der Waals surface area contributed by atoms with Gasteiger partial charge in [-0.15, -0.1) is 0 Å². The third kappa shape index (κ3) is 6.23. The van der Waals surface area contributed by atoms with Gasteiger partial charge in [0.1, 0.15) is 6.61 Å². The van der Waals surface area contributed by atoms with Gasteiger partial charge in [-0.2, -0.15) is 0 Å². The van der Waals surface area contributed by atoms with Crippen molar-refractivity contribution in [3.05, 3.63) is 11.6 Å². The number of hydrogen-bond donors (Lipinski definition) is 0. The van der Waals surface area contributed by atoms with E-state index in [4.69, 9.17) is 4.18 Å². The van der Waals surface area contributed by atoms with E-state index in [-0.39, 0.29) is 81.6 Å². The summed E-state index contributed by atoms with van der Waals surface area (Å²) in [6, 6.07) is 0. The number of carbonyl (C=O) groups excluding carboxylic acids is 1. The van der Waals surface area contributed by atoms with Crippen LogP contribution in [0.15, 0.2) is 11.6 Å². The fraction of sp³-hybridized carbons (Fsp3) is 0.857. The van der Waals surface area contributed by atoms with E-state index in [1.807, 2.05) is 0 Å². The zero-order valence-corrected chi connectivity index (χ0v) is 26.0. The summed E-state index contributed by atoms with van der Waals surface area (Å²) in [7, 11) is -9.63. The molecule has 0 aromatic rings. The standard InChI is InChI=1S/C21H32O9S2.2Na/c1-20-9-7-14(30-32(26,27)28)11-13(20)3-4-15-16-5-6-18(19(22)12-29-31(23,24)25)21(16,2)10-8-17(15)20;;/h3,14-18H,4-12H2,1-2H3,(H,23,24,25)(H,26,27,28);;/q;2*+1/p-2/t14-,15-,16-,17-,18+,20-,21-;;/m0../s1. The number of carbonyl (C=O) groups is 1. The number of rotatable bonds is 6. The van der Waals surface area contributed by atoms with Crippen LogP contribution >= 0.6 is 0 Å². The topological polar surface area (TPSA) is 150 Å². The van der Waals surface area contributed by atoms with Crippen LogP contribution in [0.5, 0.6) is 0 Å². The van der Waals surface area contributed by atoms with E-state index in [0.29, 0.717) is 37.0 Å². The predicted octanol–water partition coefficient (Wildman–Crippen LogP) is -3.54. The molecule has 0 spiro atoms. The first-order valence-electron chi connectivity index (χ1n) is 11.2. The van der Waals surface area contributed by atoms with Crippen molar-refractivity contribution in [1.82, 2.24) is 0 Å². The van der Waals surface area contributed by atoms with E-state index in [9.17, 15) is 30.7 Å². The first-order chi connectivity index (χ1) is 14.7. The molecular formula is C21H30Na2O9S2. The summed E-state index contributed by atoms with van der Waals surface area (Å²) < 4.78 is 74.4. The van der Waals surface area contributed by atoms with Crippen molar-refractivity contribution in [3.8, 4) is 0 Å². The molecule has 3 fully saturated rings. The van der Waals surface area contributed by atoms with Crippen molar-refractivity contribution in [2.75, 3.05) is 6.61 Å². The Balaban J connectivity index is 0.00000204. The molecule has 9 nitrogen and oxygen atoms in total. The molecule has 0 unspecified atom stereocenters. The van der Waals surface area contributed by atoms with Gasteiger partial charge in [0.05, 0.1) is 6.10 Å². The van der Waals surface area contributed by atoms with Gasteiger partial charge in [-0.3, -0.25) is 13.2 Å². The van der Waals surface area contributed by atoms with Crippen LogP contribution in [-0.2, 0) is 34.0 Å². The second-order valence-electron chi connectivity index (χ2n) is 10.4. The Bertz CT molecular complexity index is 1030. The van der Waals surface area contributed by atoms with Gasteiger partial charge in [-0.25, -0.2) is 16.8 Å². The van der Waals surface area contributed by atoms with E-state index >= 15 is 0 Å². The summed E-state index contributed by atoms with van der Waals surface area (Å²) in [6.45, 7) is 3.64. The Morgan fingerprint density at radius 1 is 1.00 bits per heavy atom. The number of fused-ring (bicyclic) bond motifs is 5. The number of Topliss-reactive ketones (excluding diaryl/α,β-unsaturated/α-hetero) is 1. The molecular weight excluding hydrogens is 506 g/mol. The van der Waals surface area contributed by atoms with Crippen molar-refractivity contribution in [1.29, 1.82) is 0 Å². The smallest absolute Gasteiger partial charge is 0.726 e. The van der Waals surface area contributed by atoms with Gasteiger partial charge in [0.25, 0.3) is 0 Å². The van der Waals surface area contributed by atoms with E-state index in [0.717, 1.165) is 32.1 Å². The SMILES string of the molecule is C[C@]12CC[C@H]3[C@@H](CC=C4C[C@@H](OS(=O)(=O)[O-])CC[C@@]43C)[C@@H]1CC[C@@H]2C(=O)COS(=O)(=O)[O-].[Na+].[Na+]. The van der Waals surface area contributed by atoms with Crippen LogP contribution < -0.4 is 59.1 Å². The number of ketones is 1. The van der Waals surface area contributed by atoms with Gasteiger partial charge in [0.2, 0.25) is 20.8 Å². The first-order valence-corrected chi connectivity index (χ1v) is 13.9. The Morgan fingerprint density at radius 3 is 2.29 bits per heavy atom. The van der Waals surface area contributed by atoms with Gasteiger partial charge in [0.15, 0.2) is 5.78 Å². The zero-order valence-electron chi connectivity index (χ0n) is 20.3. The first kappa shape index (κ1) is 31.4. The van der Waals surface area contributed by atoms with Gasteiger partial charge in [0, 0.05) is 5.92 Å². The summed E-state index contributed by atoms with van der Waals surface area (Å²) in [4.78, 5) is 12.7. The minimum Gasteiger partial charge on any atom is -0.726 e. The van der Waals surface area contributed by atoms with Crippen LogP contribution in [0, 0.1) is 34.5 Å². The molecule has 0 radical (unpaired) electrons. The third-order valence-electron chi connectivity index (χ3n) is 9.05. The molecule has 0 N–H and O–H groups in total.